The van der Waals surface area contributed by atoms with Crippen LogP contribution in [0.1, 0.15) is 15.9 Å². The van der Waals surface area contributed by atoms with Gasteiger partial charge in [0.05, 0.1) is 12.1 Å². The van der Waals surface area contributed by atoms with Gasteiger partial charge >= 0.3 is 0 Å². The molecule has 0 radical (unpaired) electrons. The van der Waals surface area contributed by atoms with Crippen LogP contribution in [0.4, 0.5) is 0 Å². The minimum absolute atomic E-state index is 0.162. The molecule has 5 heteroatoms. The lowest BCUT2D eigenvalue weighted by Gasteiger charge is -2.13. The van der Waals surface area contributed by atoms with Gasteiger partial charge in [-0.2, -0.15) is 0 Å². The van der Waals surface area contributed by atoms with E-state index in [0.29, 0.717) is 21.2 Å². The number of methoxy groups -OCH3 is 1. The molecule has 0 aromatic heterocycles. The third kappa shape index (κ3) is 4.27. The van der Waals surface area contributed by atoms with Crippen molar-refractivity contribution in [3.63, 3.8) is 0 Å². The number of rotatable bonds is 5. The Kier molecular flexibility index (Phi) is 5.69. The van der Waals surface area contributed by atoms with Gasteiger partial charge in [-0.15, -0.1) is 0 Å². The fraction of sp³-hybridized carbons (Fsp3) is 0.167. The number of ether oxygens (including phenoxy) is 1. The van der Waals surface area contributed by atoms with Crippen molar-refractivity contribution >= 4 is 34.6 Å². The number of hydrogen-bond donors (Lipinski definition) is 0. The molecule has 0 aliphatic carbocycles. The smallest absolute Gasteiger partial charge is 0.196 e. The van der Waals surface area contributed by atoms with E-state index in [2.05, 4.69) is 0 Å². The van der Waals surface area contributed by atoms with Crippen LogP contribution in [0.2, 0.25) is 10.0 Å². The van der Waals surface area contributed by atoms with E-state index in [1.807, 2.05) is 43.3 Å². The van der Waals surface area contributed by atoms with Gasteiger partial charge in [-0.3, -0.25) is 4.79 Å². The Morgan fingerprint density at radius 2 is 1.74 bits per heavy atom. The predicted molar refractivity (Wildman–Crippen MR) is 95.5 cm³/mol. The molecule has 0 saturated carbocycles. The average molecular weight is 350 g/mol. The Hall–Kier alpha value is -1.97. The van der Waals surface area contributed by atoms with Gasteiger partial charge in [-0.05, 0) is 35.9 Å². The summed E-state index contributed by atoms with van der Waals surface area (Å²) in [5, 5.41) is 0.829. The van der Waals surface area contributed by atoms with Crippen molar-refractivity contribution in [2.24, 2.45) is 0 Å². The number of benzene rings is 2. The molecule has 0 N–H and O–H groups in total. The number of hydrogen-bond acceptors (Lipinski definition) is 3. The third-order valence-corrected chi connectivity index (χ3v) is 3.76. The molecule has 23 heavy (non-hydrogen) atoms. The Balaban J connectivity index is 2.47. The first-order chi connectivity index (χ1) is 10.9. The summed E-state index contributed by atoms with van der Waals surface area (Å²) < 4.78 is 5.16. The number of halogens is 2. The second kappa shape index (κ2) is 7.53. The van der Waals surface area contributed by atoms with Crippen LogP contribution in [0, 0.1) is 0 Å². The molecule has 0 amide bonds. The Morgan fingerprint density at radius 3 is 2.26 bits per heavy atom. The highest BCUT2D eigenvalue weighted by Crippen LogP contribution is 2.28. The van der Waals surface area contributed by atoms with Crippen molar-refractivity contribution in [1.29, 1.82) is 0 Å². The standard InChI is InChI=1S/C18H17Cl2NO2/c1-21(2)11-16(12-4-7-14(23-3)8-5-12)18(22)15-9-6-13(19)10-17(15)20/h4-11H,1-3H3/b16-11+. The first-order valence-electron chi connectivity index (χ1n) is 6.95. The zero-order valence-electron chi connectivity index (χ0n) is 13.1. The summed E-state index contributed by atoms with van der Waals surface area (Å²) in [6.07, 6.45) is 1.77. The fourth-order valence-corrected chi connectivity index (χ4v) is 2.61. The first-order valence-corrected chi connectivity index (χ1v) is 7.70. The van der Waals surface area contributed by atoms with Crippen molar-refractivity contribution in [2.45, 2.75) is 0 Å². The zero-order chi connectivity index (χ0) is 17.0. The van der Waals surface area contributed by atoms with Crippen molar-refractivity contribution in [3.8, 4) is 5.75 Å². The number of allylic oxidation sites excluding steroid dienone is 1. The van der Waals surface area contributed by atoms with Crippen LogP contribution in [0.15, 0.2) is 48.7 Å². The summed E-state index contributed by atoms with van der Waals surface area (Å²) in [6.45, 7) is 0. The maximum atomic E-state index is 12.9. The SMILES string of the molecule is COc1ccc(/C(=C\N(C)C)C(=O)c2ccc(Cl)cc2Cl)cc1. The van der Waals surface area contributed by atoms with E-state index in [9.17, 15) is 4.79 Å². The maximum Gasteiger partial charge on any atom is 0.196 e. The van der Waals surface area contributed by atoms with Gasteiger partial charge in [-0.1, -0.05) is 35.3 Å². The topological polar surface area (TPSA) is 29.5 Å². The van der Waals surface area contributed by atoms with Gasteiger partial charge in [0.1, 0.15) is 5.75 Å². The highest BCUT2D eigenvalue weighted by atomic mass is 35.5. The van der Waals surface area contributed by atoms with Crippen LogP contribution in [0.3, 0.4) is 0 Å². The van der Waals surface area contributed by atoms with Crippen molar-refractivity contribution < 1.29 is 9.53 Å². The van der Waals surface area contributed by atoms with Crippen LogP contribution in [-0.4, -0.2) is 31.9 Å². The molecule has 0 unspecified atom stereocenters. The molecular formula is C18H17Cl2NO2. The number of ketones is 1. The van der Waals surface area contributed by atoms with Crippen molar-refractivity contribution in [1.82, 2.24) is 4.90 Å². The van der Waals surface area contributed by atoms with Crippen LogP contribution < -0.4 is 4.74 Å². The van der Waals surface area contributed by atoms with Gasteiger partial charge in [0, 0.05) is 36.5 Å². The molecule has 0 saturated heterocycles. The molecule has 0 atom stereocenters. The second-order valence-electron chi connectivity index (χ2n) is 5.19. The lowest BCUT2D eigenvalue weighted by atomic mass is 9.97. The lowest BCUT2D eigenvalue weighted by Crippen LogP contribution is -2.10. The Morgan fingerprint density at radius 1 is 1.09 bits per heavy atom. The summed E-state index contributed by atoms with van der Waals surface area (Å²) in [4.78, 5) is 14.7. The second-order valence-corrected chi connectivity index (χ2v) is 6.03. The van der Waals surface area contributed by atoms with E-state index in [4.69, 9.17) is 27.9 Å². The van der Waals surface area contributed by atoms with Gasteiger partial charge < -0.3 is 9.64 Å². The van der Waals surface area contributed by atoms with Crippen LogP contribution >= 0.6 is 23.2 Å². The number of carbonyl (C=O) groups is 1. The van der Waals surface area contributed by atoms with E-state index in [1.54, 1.807) is 31.5 Å². The summed E-state index contributed by atoms with van der Waals surface area (Å²) in [5.74, 6) is 0.570. The predicted octanol–water partition coefficient (Wildman–Crippen LogP) is 4.79. The molecule has 2 aromatic carbocycles. The first kappa shape index (κ1) is 17.4. The molecule has 0 aliphatic rings. The highest BCUT2D eigenvalue weighted by Gasteiger charge is 2.18. The van der Waals surface area contributed by atoms with Gasteiger partial charge in [-0.25, -0.2) is 0 Å². The summed E-state index contributed by atoms with van der Waals surface area (Å²) in [5.41, 5.74) is 1.75. The Labute approximate surface area is 146 Å². The van der Waals surface area contributed by atoms with Gasteiger partial charge in [0.15, 0.2) is 5.78 Å². The molecule has 0 fully saturated rings. The fourth-order valence-electron chi connectivity index (χ4n) is 2.11. The minimum Gasteiger partial charge on any atom is -0.497 e. The van der Waals surface area contributed by atoms with E-state index in [0.717, 1.165) is 11.3 Å². The van der Waals surface area contributed by atoms with Gasteiger partial charge in [0.2, 0.25) is 0 Å². The van der Waals surface area contributed by atoms with E-state index in [-0.39, 0.29) is 5.78 Å². The Bertz CT molecular complexity index is 737. The molecule has 2 rings (SSSR count). The lowest BCUT2D eigenvalue weighted by molar-refractivity contribution is 0.105. The van der Waals surface area contributed by atoms with Crippen LogP contribution in [-0.2, 0) is 0 Å². The monoisotopic (exact) mass is 349 g/mol. The summed E-state index contributed by atoms with van der Waals surface area (Å²) in [6, 6.07) is 12.2. The van der Waals surface area contributed by atoms with Crippen molar-refractivity contribution in [3.05, 3.63) is 69.8 Å². The molecule has 120 valence electrons. The summed E-state index contributed by atoms with van der Waals surface area (Å²) in [7, 11) is 5.32. The third-order valence-electron chi connectivity index (χ3n) is 3.21. The zero-order valence-corrected chi connectivity index (χ0v) is 14.7. The van der Waals surface area contributed by atoms with E-state index in [1.165, 1.54) is 0 Å². The quantitative estimate of drug-likeness (QED) is 0.574. The van der Waals surface area contributed by atoms with E-state index < -0.39 is 0 Å². The van der Waals surface area contributed by atoms with E-state index >= 15 is 0 Å². The number of Topliss-reactive ketones (excluding diaryl/α,β-unsaturated/α-hetero) is 1. The van der Waals surface area contributed by atoms with Crippen LogP contribution in [0.25, 0.3) is 5.57 Å². The molecule has 0 heterocycles. The molecular weight excluding hydrogens is 333 g/mol. The van der Waals surface area contributed by atoms with Gasteiger partial charge in [0.25, 0.3) is 0 Å². The molecule has 0 bridgehead atoms. The number of carbonyl (C=O) groups excluding carboxylic acids is 1. The molecule has 3 nitrogen and oxygen atoms in total. The number of nitrogens with zero attached hydrogens (tertiary/aromatic N) is 1. The van der Waals surface area contributed by atoms with Crippen molar-refractivity contribution in [2.75, 3.05) is 21.2 Å². The minimum atomic E-state index is -0.162. The molecule has 0 spiro atoms. The largest absolute Gasteiger partial charge is 0.497 e. The molecule has 0 aliphatic heterocycles. The molecule has 2 aromatic rings. The highest BCUT2D eigenvalue weighted by molar-refractivity contribution is 6.40. The average Bonchev–Trinajstić information content (AvgIpc) is 2.52. The van der Waals surface area contributed by atoms with Crippen LogP contribution in [0.5, 0.6) is 5.75 Å². The normalized spacial score (nSPS) is 11.3. The summed E-state index contributed by atoms with van der Waals surface area (Å²) >= 11 is 12.1. The maximum absolute atomic E-state index is 12.9.